The fourth-order valence-corrected chi connectivity index (χ4v) is 2.82. The van der Waals surface area contributed by atoms with Crippen molar-refractivity contribution in [1.82, 2.24) is 5.32 Å². The van der Waals surface area contributed by atoms with Gasteiger partial charge in [0.2, 0.25) is 5.91 Å². The molecule has 0 aromatic heterocycles. The zero-order chi connectivity index (χ0) is 10.8. The van der Waals surface area contributed by atoms with Crippen LogP contribution in [0, 0.1) is 17.8 Å². The molecule has 0 aromatic carbocycles. The summed E-state index contributed by atoms with van der Waals surface area (Å²) in [6.45, 7) is 2.71. The van der Waals surface area contributed by atoms with Gasteiger partial charge < -0.3 is 5.32 Å². The van der Waals surface area contributed by atoms with Crippen LogP contribution in [0.3, 0.4) is 0 Å². The van der Waals surface area contributed by atoms with Gasteiger partial charge in [0, 0.05) is 6.54 Å². The number of carbonyl (C=O) groups excluding carboxylic acids is 1. The Labute approximate surface area is 99.6 Å². The molecule has 0 aromatic rings. The van der Waals surface area contributed by atoms with Gasteiger partial charge >= 0.3 is 0 Å². The monoisotopic (exact) mass is 271 g/mol. The molecule has 0 radical (unpaired) electrons. The Balaban J connectivity index is 1.81. The molecule has 2 bridgehead atoms. The Morgan fingerprint density at radius 3 is 2.80 bits per heavy atom. The van der Waals surface area contributed by atoms with Gasteiger partial charge in [0.25, 0.3) is 0 Å². The van der Waals surface area contributed by atoms with Crippen LogP contribution in [0.2, 0.25) is 0 Å². The van der Waals surface area contributed by atoms with E-state index in [1.165, 1.54) is 19.3 Å². The van der Waals surface area contributed by atoms with E-state index < -0.39 is 0 Å². The van der Waals surface area contributed by atoms with Crippen LogP contribution in [0.1, 0.15) is 26.2 Å². The van der Waals surface area contributed by atoms with E-state index in [-0.39, 0.29) is 10.7 Å². The summed E-state index contributed by atoms with van der Waals surface area (Å²) in [5, 5.41) is 3.02. The topological polar surface area (TPSA) is 29.1 Å². The summed E-state index contributed by atoms with van der Waals surface area (Å²) in [6.07, 6.45) is 8.63. The first-order valence-corrected chi connectivity index (χ1v) is 6.68. The third-order valence-corrected chi connectivity index (χ3v) is 4.03. The van der Waals surface area contributed by atoms with Crippen LogP contribution in [0.15, 0.2) is 12.2 Å². The zero-order valence-corrected chi connectivity index (χ0v) is 10.7. The highest BCUT2D eigenvalue weighted by Crippen LogP contribution is 2.39. The highest BCUT2D eigenvalue weighted by molar-refractivity contribution is 9.10. The van der Waals surface area contributed by atoms with E-state index in [0.29, 0.717) is 11.8 Å². The molecule has 1 fully saturated rings. The summed E-state index contributed by atoms with van der Waals surface area (Å²) in [4.78, 5) is 11.3. The number of amides is 1. The molecule has 1 N–H and O–H groups in total. The predicted molar refractivity (Wildman–Crippen MR) is 64.9 cm³/mol. The largest absolute Gasteiger partial charge is 0.355 e. The van der Waals surface area contributed by atoms with E-state index in [1.54, 1.807) is 0 Å². The van der Waals surface area contributed by atoms with E-state index >= 15 is 0 Å². The molecule has 0 spiro atoms. The molecule has 3 aliphatic carbocycles. The van der Waals surface area contributed by atoms with Crippen LogP contribution in [0.5, 0.6) is 0 Å². The number of hydrogen-bond donors (Lipinski definition) is 1. The molecule has 0 aliphatic heterocycles. The van der Waals surface area contributed by atoms with E-state index in [0.717, 1.165) is 12.5 Å². The Morgan fingerprint density at radius 2 is 2.33 bits per heavy atom. The Morgan fingerprint density at radius 1 is 1.53 bits per heavy atom. The van der Waals surface area contributed by atoms with Gasteiger partial charge in [-0.05, 0) is 43.9 Å². The molecule has 4 atom stereocenters. The van der Waals surface area contributed by atoms with Crippen molar-refractivity contribution in [3.8, 4) is 0 Å². The Kier molecular flexibility index (Phi) is 3.49. The lowest BCUT2D eigenvalue weighted by Gasteiger charge is -2.38. The zero-order valence-electron chi connectivity index (χ0n) is 9.08. The third kappa shape index (κ3) is 2.63. The first-order valence-electron chi connectivity index (χ1n) is 5.77. The standard InChI is InChI=1S/C12H18BrNO/c1-8(13)12(15)14-7-11-6-9-2-4-10(11)5-3-9/h2,4,8-11H,3,5-7H2,1H3,(H,14,15). The lowest BCUT2D eigenvalue weighted by molar-refractivity contribution is -0.120. The van der Waals surface area contributed by atoms with Crippen molar-refractivity contribution in [3.05, 3.63) is 12.2 Å². The van der Waals surface area contributed by atoms with Crippen molar-refractivity contribution in [1.29, 1.82) is 0 Å². The normalized spacial score (nSPS) is 35.2. The van der Waals surface area contributed by atoms with Gasteiger partial charge in [0.15, 0.2) is 0 Å². The van der Waals surface area contributed by atoms with Gasteiger partial charge in [-0.3, -0.25) is 4.79 Å². The molecule has 1 amide bonds. The molecule has 3 rings (SSSR count). The van der Waals surface area contributed by atoms with Crippen LogP contribution in [0.4, 0.5) is 0 Å². The first-order chi connectivity index (χ1) is 7.16. The summed E-state index contributed by atoms with van der Waals surface area (Å²) in [5.41, 5.74) is 0. The Bertz CT molecular complexity index is 275. The lowest BCUT2D eigenvalue weighted by Crippen LogP contribution is -2.39. The number of allylic oxidation sites excluding steroid dienone is 2. The second-order valence-electron chi connectivity index (χ2n) is 4.74. The Hall–Kier alpha value is -0.310. The molecular formula is C12H18BrNO. The highest BCUT2D eigenvalue weighted by Gasteiger charge is 2.31. The van der Waals surface area contributed by atoms with Crippen molar-refractivity contribution < 1.29 is 4.79 Å². The van der Waals surface area contributed by atoms with Crippen LogP contribution in [-0.2, 0) is 4.79 Å². The summed E-state index contributed by atoms with van der Waals surface area (Å²) >= 11 is 3.28. The van der Waals surface area contributed by atoms with Crippen LogP contribution in [0.25, 0.3) is 0 Å². The van der Waals surface area contributed by atoms with Crippen LogP contribution >= 0.6 is 15.9 Å². The minimum Gasteiger partial charge on any atom is -0.355 e. The van der Waals surface area contributed by atoms with Gasteiger partial charge in [-0.15, -0.1) is 0 Å². The molecule has 3 aliphatic rings. The number of halogens is 1. The van der Waals surface area contributed by atoms with Gasteiger partial charge in [-0.1, -0.05) is 28.1 Å². The number of carbonyl (C=O) groups is 1. The third-order valence-electron chi connectivity index (χ3n) is 3.61. The van der Waals surface area contributed by atoms with Crippen LogP contribution < -0.4 is 5.32 Å². The second-order valence-corrected chi connectivity index (χ2v) is 6.12. The van der Waals surface area contributed by atoms with Crippen molar-refractivity contribution in [2.45, 2.75) is 31.0 Å². The number of nitrogens with one attached hydrogen (secondary N) is 1. The second kappa shape index (κ2) is 4.69. The molecule has 4 unspecified atom stereocenters. The van der Waals surface area contributed by atoms with Gasteiger partial charge in [0.05, 0.1) is 4.83 Å². The van der Waals surface area contributed by atoms with Crippen molar-refractivity contribution in [2.75, 3.05) is 6.54 Å². The van der Waals surface area contributed by atoms with Gasteiger partial charge in [-0.2, -0.15) is 0 Å². The molecule has 15 heavy (non-hydrogen) atoms. The maximum Gasteiger partial charge on any atom is 0.233 e. The number of alkyl halides is 1. The van der Waals surface area contributed by atoms with E-state index in [1.807, 2.05) is 6.92 Å². The lowest BCUT2D eigenvalue weighted by atomic mass is 9.69. The number of hydrogen-bond acceptors (Lipinski definition) is 1. The van der Waals surface area contributed by atoms with Gasteiger partial charge in [0.1, 0.15) is 0 Å². The molecule has 0 saturated heterocycles. The fourth-order valence-electron chi connectivity index (χ4n) is 2.66. The molecule has 84 valence electrons. The smallest absolute Gasteiger partial charge is 0.233 e. The first kappa shape index (κ1) is 11.2. The van der Waals surface area contributed by atoms with Gasteiger partial charge in [-0.25, -0.2) is 0 Å². The SMILES string of the molecule is CC(Br)C(=O)NCC1CC2C=CC1CC2. The van der Waals surface area contributed by atoms with E-state index in [4.69, 9.17) is 0 Å². The summed E-state index contributed by atoms with van der Waals surface area (Å²) < 4.78 is 0. The molecule has 3 heteroatoms. The van der Waals surface area contributed by atoms with Crippen LogP contribution in [-0.4, -0.2) is 17.3 Å². The number of rotatable bonds is 3. The molecular weight excluding hydrogens is 254 g/mol. The maximum absolute atomic E-state index is 11.4. The molecule has 0 heterocycles. The predicted octanol–water partition coefficient (Wildman–Crippen LogP) is 2.49. The van der Waals surface area contributed by atoms with Crippen molar-refractivity contribution >= 4 is 21.8 Å². The minimum atomic E-state index is -0.0752. The van der Waals surface area contributed by atoms with Crippen molar-refractivity contribution in [3.63, 3.8) is 0 Å². The molecule has 1 saturated carbocycles. The maximum atomic E-state index is 11.4. The van der Waals surface area contributed by atoms with Crippen molar-refractivity contribution in [2.24, 2.45) is 17.8 Å². The minimum absolute atomic E-state index is 0.0752. The average Bonchev–Trinajstić information content (AvgIpc) is 2.27. The number of fused-ring (bicyclic) bond motifs is 2. The quantitative estimate of drug-likeness (QED) is 0.620. The highest BCUT2D eigenvalue weighted by atomic mass is 79.9. The summed E-state index contributed by atoms with van der Waals surface area (Å²) in [7, 11) is 0. The fraction of sp³-hybridized carbons (Fsp3) is 0.750. The molecule has 2 nitrogen and oxygen atoms in total. The average molecular weight is 272 g/mol. The summed E-state index contributed by atoms with van der Waals surface area (Å²) in [5.74, 6) is 2.27. The van der Waals surface area contributed by atoms with E-state index in [2.05, 4.69) is 33.4 Å². The van der Waals surface area contributed by atoms with E-state index in [9.17, 15) is 4.79 Å². The summed E-state index contributed by atoms with van der Waals surface area (Å²) in [6, 6.07) is 0.